The van der Waals surface area contributed by atoms with Gasteiger partial charge in [0.1, 0.15) is 18.1 Å². The number of hydrogen-bond acceptors (Lipinski definition) is 9. The predicted molar refractivity (Wildman–Crippen MR) is 127 cm³/mol. The molecule has 4 unspecified atom stereocenters. The van der Waals surface area contributed by atoms with E-state index < -0.39 is 54.5 Å². The first kappa shape index (κ1) is 29.4. The second kappa shape index (κ2) is 16.0. The van der Waals surface area contributed by atoms with Gasteiger partial charge in [0.2, 0.25) is 17.7 Å². The summed E-state index contributed by atoms with van der Waals surface area (Å²) < 4.78 is 0. The molecule has 0 saturated carbocycles. The molecule has 0 aromatic carbocycles. The summed E-state index contributed by atoms with van der Waals surface area (Å²) >= 11 is 1.53. The Kier molecular flexibility index (Phi) is 13.8. The van der Waals surface area contributed by atoms with E-state index in [9.17, 15) is 29.4 Å². The van der Waals surface area contributed by atoms with Crippen molar-refractivity contribution in [1.82, 2.24) is 25.9 Å². The van der Waals surface area contributed by atoms with E-state index in [-0.39, 0.29) is 12.8 Å². The van der Waals surface area contributed by atoms with Crippen molar-refractivity contribution < 1.29 is 29.4 Å². The number of aliphatic hydroxyl groups is 1. The van der Waals surface area contributed by atoms with Gasteiger partial charge in [-0.25, -0.2) is 9.78 Å². The lowest BCUT2D eigenvalue weighted by atomic mass is 10.1. The maximum absolute atomic E-state index is 12.9. The summed E-state index contributed by atoms with van der Waals surface area (Å²) in [5, 5.41) is 26.2. The van der Waals surface area contributed by atoms with Gasteiger partial charge in [-0.05, 0) is 44.2 Å². The number of H-pyrrole nitrogens is 1. The Labute approximate surface area is 202 Å². The van der Waals surface area contributed by atoms with E-state index in [0.717, 1.165) is 0 Å². The van der Waals surface area contributed by atoms with Gasteiger partial charge in [-0.3, -0.25) is 14.4 Å². The molecule has 0 fully saturated rings. The number of nitrogens with two attached hydrogens (primary N) is 2. The van der Waals surface area contributed by atoms with Crippen LogP contribution in [0.2, 0.25) is 0 Å². The molecule has 1 aromatic heterocycles. The molecular weight excluding hydrogens is 466 g/mol. The second-order valence-corrected chi connectivity index (χ2v) is 8.64. The molecule has 192 valence electrons. The second-order valence-electron chi connectivity index (χ2n) is 7.66. The Hall–Kier alpha value is -2.68. The number of aliphatic carboxylic acids is 1. The lowest BCUT2D eigenvalue weighted by molar-refractivity contribution is -0.142. The molecule has 0 aliphatic carbocycles. The first-order valence-electron chi connectivity index (χ1n) is 10.9. The average molecular weight is 502 g/mol. The zero-order valence-electron chi connectivity index (χ0n) is 19.2. The molecule has 10 N–H and O–H groups in total. The van der Waals surface area contributed by atoms with Gasteiger partial charge >= 0.3 is 5.97 Å². The summed E-state index contributed by atoms with van der Waals surface area (Å²) in [6, 6.07) is -4.56. The number of carbonyl (C=O) groups is 4. The summed E-state index contributed by atoms with van der Waals surface area (Å²) in [6.07, 6.45) is 6.44. The number of hydrogen-bond donors (Lipinski definition) is 8. The van der Waals surface area contributed by atoms with Crippen LogP contribution in [0, 0.1) is 0 Å². The molecule has 0 bridgehead atoms. The van der Waals surface area contributed by atoms with Crippen LogP contribution in [-0.2, 0) is 25.6 Å². The molecule has 34 heavy (non-hydrogen) atoms. The van der Waals surface area contributed by atoms with Crippen LogP contribution in [0.4, 0.5) is 0 Å². The first-order chi connectivity index (χ1) is 16.2. The largest absolute Gasteiger partial charge is 0.480 e. The highest BCUT2D eigenvalue weighted by molar-refractivity contribution is 7.98. The van der Waals surface area contributed by atoms with Crippen LogP contribution in [0.3, 0.4) is 0 Å². The molecule has 1 heterocycles. The van der Waals surface area contributed by atoms with Gasteiger partial charge in [0, 0.05) is 18.3 Å². The van der Waals surface area contributed by atoms with E-state index in [1.807, 2.05) is 6.26 Å². The third-order valence-corrected chi connectivity index (χ3v) is 5.60. The van der Waals surface area contributed by atoms with Crippen molar-refractivity contribution in [3.63, 3.8) is 0 Å². The third-order valence-electron chi connectivity index (χ3n) is 4.96. The van der Waals surface area contributed by atoms with Crippen LogP contribution in [0.5, 0.6) is 0 Å². The quantitative estimate of drug-likeness (QED) is 0.106. The number of nitrogens with zero attached hydrogens (tertiary/aromatic N) is 1. The average Bonchev–Trinajstić information content (AvgIpc) is 3.32. The lowest BCUT2D eigenvalue weighted by Gasteiger charge is -2.24. The Morgan fingerprint density at radius 2 is 1.71 bits per heavy atom. The number of aliphatic hydroxyl groups excluding tert-OH is 1. The summed E-state index contributed by atoms with van der Waals surface area (Å²) in [6.45, 7) is -0.384. The van der Waals surface area contributed by atoms with Crippen LogP contribution in [0.1, 0.15) is 31.4 Å². The minimum Gasteiger partial charge on any atom is -0.480 e. The molecular formula is C20H35N7O6S. The van der Waals surface area contributed by atoms with Gasteiger partial charge in [-0.1, -0.05) is 0 Å². The molecule has 3 amide bonds. The number of imidazole rings is 1. The number of nitrogens with one attached hydrogen (secondary N) is 4. The standard InChI is InChI=1S/C20H35N7O6S/c1-34-7-5-13(22)17(29)26-15(8-12-9-23-11-24-12)18(30)27-16(10-28)19(31)25-14(20(32)33)4-2-3-6-21/h9,11,13-16,28H,2-8,10,21-22H2,1H3,(H,23,24)(H,25,31)(H,26,29)(H,27,30)(H,32,33). The number of thioether (sulfide) groups is 1. The predicted octanol–water partition coefficient (Wildman–Crippen LogP) is -2.31. The highest BCUT2D eigenvalue weighted by Gasteiger charge is 2.30. The number of rotatable bonds is 17. The van der Waals surface area contributed by atoms with Gasteiger partial charge in [-0.2, -0.15) is 11.8 Å². The summed E-state index contributed by atoms with van der Waals surface area (Å²) in [5.41, 5.74) is 11.8. The van der Waals surface area contributed by atoms with Gasteiger partial charge in [0.15, 0.2) is 0 Å². The highest BCUT2D eigenvalue weighted by Crippen LogP contribution is 2.04. The maximum atomic E-state index is 12.9. The van der Waals surface area contributed by atoms with E-state index in [2.05, 4.69) is 25.9 Å². The number of aromatic amines is 1. The van der Waals surface area contributed by atoms with E-state index in [4.69, 9.17) is 11.5 Å². The minimum atomic E-state index is -1.42. The van der Waals surface area contributed by atoms with Crippen molar-refractivity contribution in [2.24, 2.45) is 11.5 Å². The van der Waals surface area contributed by atoms with Gasteiger partial charge in [0.05, 0.1) is 19.0 Å². The van der Waals surface area contributed by atoms with E-state index >= 15 is 0 Å². The Balaban J connectivity index is 2.86. The summed E-state index contributed by atoms with van der Waals surface area (Å²) in [4.78, 5) is 56.1. The molecule has 14 heteroatoms. The van der Waals surface area contributed by atoms with Crippen molar-refractivity contribution in [3.05, 3.63) is 18.2 Å². The highest BCUT2D eigenvalue weighted by atomic mass is 32.2. The van der Waals surface area contributed by atoms with Gasteiger partial charge in [-0.15, -0.1) is 0 Å². The molecule has 0 aliphatic rings. The molecule has 13 nitrogen and oxygen atoms in total. The van der Waals surface area contributed by atoms with Crippen molar-refractivity contribution in [3.8, 4) is 0 Å². The SMILES string of the molecule is CSCCC(N)C(=O)NC(Cc1cnc[nH]1)C(=O)NC(CO)C(=O)NC(CCCCN)C(=O)O. The molecule has 0 spiro atoms. The summed E-state index contributed by atoms with van der Waals surface area (Å²) in [5.74, 6) is -2.72. The van der Waals surface area contributed by atoms with Gasteiger partial charge in [0.25, 0.3) is 0 Å². The fourth-order valence-corrected chi connectivity index (χ4v) is 3.46. The number of unbranched alkanes of at least 4 members (excludes halogenated alkanes) is 1. The lowest BCUT2D eigenvalue weighted by Crippen LogP contribution is -2.58. The van der Waals surface area contributed by atoms with Crippen molar-refractivity contribution in [1.29, 1.82) is 0 Å². The Morgan fingerprint density at radius 1 is 1.06 bits per heavy atom. The molecule has 0 saturated heterocycles. The number of carbonyl (C=O) groups excluding carboxylic acids is 3. The third kappa shape index (κ3) is 10.5. The van der Waals surface area contributed by atoms with Crippen LogP contribution in [0.15, 0.2) is 12.5 Å². The van der Waals surface area contributed by atoms with Crippen LogP contribution in [-0.4, -0.2) is 93.2 Å². The van der Waals surface area contributed by atoms with E-state index in [1.54, 1.807) is 0 Å². The van der Waals surface area contributed by atoms with Crippen molar-refractivity contribution >= 4 is 35.5 Å². The Bertz CT molecular complexity index is 779. The maximum Gasteiger partial charge on any atom is 0.326 e. The zero-order chi connectivity index (χ0) is 25.5. The zero-order valence-corrected chi connectivity index (χ0v) is 20.0. The number of carboxylic acid groups (broad SMARTS) is 1. The van der Waals surface area contributed by atoms with Crippen molar-refractivity contribution in [2.75, 3.05) is 25.2 Å². The minimum absolute atomic E-state index is 0.0312. The molecule has 0 aliphatic heterocycles. The van der Waals surface area contributed by atoms with Crippen molar-refractivity contribution in [2.45, 2.75) is 56.3 Å². The fraction of sp³-hybridized carbons (Fsp3) is 0.650. The monoisotopic (exact) mass is 501 g/mol. The Morgan fingerprint density at radius 3 is 2.26 bits per heavy atom. The smallest absolute Gasteiger partial charge is 0.326 e. The first-order valence-corrected chi connectivity index (χ1v) is 12.3. The van der Waals surface area contributed by atoms with E-state index in [0.29, 0.717) is 37.3 Å². The molecule has 1 rings (SSSR count). The fourth-order valence-electron chi connectivity index (χ4n) is 2.97. The van der Waals surface area contributed by atoms with Crippen LogP contribution < -0.4 is 27.4 Å². The molecule has 4 atom stereocenters. The van der Waals surface area contributed by atoms with Gasteiger partial charge < -0.3 is 42.6 Å². The number of aromatic nitrogens is 2. The molecule has 0 radical (unpaired) electrons. The normalized spacial score (nSPS) is 14.5. The molecule has 1 aromatic rings. The van der Waals surface area contributed by atoms with Crippen LogP contribution in [0.25, 0.3) is 0 Å². The summed E-state index contributed by atoms with van der Waals surface area (Å²) in [7, 11) is 0. The number of amides is 3. The topological polar surface area (TPSA) is 226 Å². The number of carboxylic acids is 1. The van der Waals surface area contributed by atoms with Crippen LogP contribution >= 0.6 is 11.8 Å². The van der Waals surface area contributed by atoms with E-state index in [1.165, 1.54) is 24.3 Å².